The Morgan fingerprint density at radius 3 is 2.60 bits per heavy atom. The van der Waals surface area contributed by atoms with Gasteiger partial charge in [-0.15, -0.1) is 0 Å². The number of likely N-dealkylation sites (tertiary alicyclic amines) is 1. The number of rotatable bonds is 4. The SMILES string of the molecule is Cc1cccc(C(=O)N2CCC3(CC2)C[C@H](CC(=O)NC2CC2)c2ccccc23)n1. The van der Waals surface area contributed by atoms with Crippen LogP contribution in [0.1, 0.15) is 71.8 Å². The van der Waals surface area contributed by atoms with E-state index in [1.807, 2.05) is 24.0 Å². The topological polar surface area (TPSA) is 62.3 Å². The molecule has 0 bridgehead atoms. The third kappa shape index (κ3) is 3.62. The molecule has 1 aromatic heterocycles. The Balaban J connectivity index is 1.30. The number of fused-ring (bicyclic) bond motifs is 2. The van der Waals surface area contributed by atoms with Crippen molar-refractivity contribution >= 4 is 11.8 Å². The average molecular weight is 404 g/mol. The molecule has 1 atom stereocenters. The molecule has 2 aromatic rings. The molecule has 0 unspecified atom stereocenters. The molecular formula is C25H29N3O2. The number of nitrogens with zero attached hydrogens (tertiary/aromatic N) is 2. The van der Waals surface area contributed by atoms with Crippen LogP contribution in [0.25, 0.3) is 0 Å². The Hall–Kier alpha value is -2.69. The predicted octanol–water partition coefficient (Wildman–Crippen LogP) is 3.72. The standard InChI is InChI=1S/C25H29N3O2/c1-17-5-4-8-22(26-17)24(30)28-13-11-25(12-14-28)16-18(15-23(29)27-19-9-10-19)20-6-2-3-7-21(20)25/h2-8,18-19H,9-16H2,1H3,(H,27,29)/t18-/m0/s1. The van der Waals surface area contributed by atoms with Gasteiger partial charge in [0, 0.05) is 31.2 Å². The fraction of sp³-hybridized carbons (Fsp3) is 0.480. The largest absolute Gasteiger partial charge is 0.353 e. The normalized spacial score (nSPS) is 22.0. The Morgan fingerprint density at radius 2 is 1.87 bits per heavy atom. The zero-order valence-corrected chi connectivity index (χ0v) is 17.6. The second-order valence-electron chi connectivity index (χ2n) is 9.27. The van der Waals surface area contributed by atoms with Gasteiger partial charge in [-0.3, -0.25) is 9.59 Å². The lowest BCUT2D eigenvalue weighted by Gasteiger charge is -2.40. The highest BCUT2D eigenvalue weighted by molar-refractivity contribution is 5.92. The molecule has 1 saturated carbocycles. The minimum Gasteiger partial charge on any atom is -0.353 e. The number of carbonyl (C=O) groups excluding carboxylic acids is 2. The highest BCUT2D eigenvalue weighted by Gasteiger charge is 2.46. The molecule has 1 N–H and O–H groups in total. The number of aromatic nitrogens is 1. The first-order valence-electron chi connectivity index (χ1n) is 11.2. The number of hydrogen-bond donors (Lipinski definition) is 1. The van der Waals surface area contributed by atoms with E-state index >= 15 is 0 Å². The number of aryl methyl sites for hydroxylation is 1. The van der Waals surface area contributed by atoms with Crippen LogP contribution < -0.4 is 5.32 Å². The van der Waals surface area contributed by atoms with Gasteiger partial charge in [-0.25, -0.2) is 4.98 Å². The van der Waals surface area contributed by atoms with Crippen LogP contribution in [0.4, 0.5) is 0 Å². The first-order valence-corrected chi connectivity index (χ1v) is 11.2. The lowest BCUT2D eigenvalue weighted by Crippen LogP contribution is -2.44. The quantitative estimate of drug-likeness (QED) is 0.846. The molecule has 5 nitrogen and oxygen atoms in total. The molecule has 2 amide bonds. The van der Waals surface area contributed by atoms with Gasteiger partial charge in [-0.2, -0.15) is 0 Å². The molecule has 3 aliphatic rings. The van der Waals surface area contributed by atoms with Gasteiger partial charge >= 0.3 is 0 Å². The number of amides is 2. The van der Waals surface area contributed by atoms with Gasteiger partial charge in [0.1, 0.15) is 5.69 Å². The second-order valence-corrected chi connectivity index (χ2v) is 9.27. The molecule has 2 aliphatic carbocycles. The van der Waals surface area contributed by atoms with Crippen molar-refractivity contribution in [2.24, 2.45) is 0 Å². The zero-order chi connectivity index (χ0) is 20.7. The van der Waals surface area contributed by atoms with Gasteiger partial charge in [0.2, 0.25) is 5.91 Å². The summed E-state index contributed by atoms with van der Waals surface area (Å²) in [5.41, 5.74) is 4.22. The summed E-state index contributed by atoms with van der Waals surface area (Å²) in [5.74, 6) is 0.494. The summed E-state index contributed by atoms with van der Waals surface area (Å²) in [6.07, 6.45) is 5.72. The molecule has 1 aromatic carbocycles. The zero-order valence-electron chi connectivity index (χ0n) is 17.6. The van der Waals surface area contributed by atoms with Crippen LogP contribution in [0.3, 0.4) is 0 Å². The molecule has 2 fully saturated rings. The van der Waals surface area contributed by atoms with Gasteiger partial charge in [0.05, 0.1) is 0 Å². The summed E-state index contributed by atoms with van der Waals surface area (Å²) in [6.45, 7) is 3.39. The average Bonchev–Trinajstić information content (AvgIpc) is 3.52. The van der Waals surface area contributed by atoms with Crippen molar-refractivity contribution in [1.29, 1.82) is 0 Å². The van der Waals surface area contributed by atoms with E-state index < -0.39 is 0 Å². The molecule has 1 aliphatic heterocycles. The lowest BCUT2D eigenvalue weighted by atomic mass is 9.73. The molecule has 0 radical (unpaired) electrons. The summed E-state index contributed by atoms with van der Waals surface area (Å²) < 4.78 is 0. The summed E-state index contributed by atoms with van der Waals surface area (Å²) in [5, 5.41) is 3.15. The van der Waals surface area contributed by atoms with Crippen molar-refractivity contribution in [3.05, 3.63) is 65.0 Å². The number of piperidine rings is 1. The van der Waals surface area contributed by atoms with Crippen molar-refractivity contribution in [3.8, 4) is 0 Å². The Labute approximate surface area is 177 Å². The third-order valence-corrected chi connectivity index (χ3v) is 7.10. The minimum atomic E-state index is 0.0280. The number of benzene rings is 1. The van der Waals surface area contributed by atoms with Gasteiger partial charge < -0.3 is 10.2 Å². The van der Waals surface area contributed by atoms with Crippen molar-refractivity contribution in [3.63, 3.8) is 0 Å². The van der Waals surface area contributed by atoms with Crippen LogP contribution in [-0.2, 0) is 10.2 Å². The van der Waals surface area contributed by atoms with Crippen LogP contribution >= 0.6 is 0 Å². The van der Waals surface area contributed by atoms with Gasteiger partial charge in [-0.1, -0.05) is 30.3 Å². The fourth-order valence-electron chi connectivity index (χ4n) is 5.38. The highest BCUT2D eigenvalue weighted by atomic mass is 16.2. The lowest BCUT2D eigenvalue weighted by molar-refractivity contribution is -0.121. The molecule has 2 heterocycles. The van der Waals surface area contributed by atoms with E-state index in [0.29, 0.717) is 18.2 Å². The molecule has 1 saturated heterocycles. The first-order chi connectivity index (χ1) is 14.5. The van der Waals surface area contributed by atoms with E-state index in [-0.39, 0.29) is 23.1 Å². The van der Waals surface area contributed by atoms with Crippen LogP contribution in [0.5, 0.6) is 0 Å². The Kier molecular flexibility index (Phi) is 4.84. The Morgan fingerprint density at radius 1 is 1.10 bits per heavy atom. The van der Waals surface area contributed by atoms with E-state index in [2.05, 4.69) is 34.6 Å². The first kappa shape index (κ1) is 19.3. The van der Waals surface area contributed by atoms with Crippen LogP contribution in [0.2, 0.25) is 0 Å². The van der Waals surface area contributed by atoms with Gasteiger partial charge in [-0.05, 0) is 73.6 Å². The van der Waals surface area contributed by atoms with Crippen LogP contribution in [-0.4, -0.2) is 40.8 Å². The molecule has 156 valence electrons. The maximum Gasteiger partial charge on any atom is 0.272 e. The van der Waals surface area contributed by atoms with E-state index in [4.69, 9.17) is 0 Å². The van der Waals surface area contributed by atoms with Crippen molar-refractivity contribution < 1.29 is 9.59 Å². The smallest absolute Gasteiger partial charge is 0.272 e. The van der Waals surface area contributed by atoms with Crippen LogP contribution in [0, 0.1) is 6.92 Å². The summed E-state index contributed by atoms with van der Waals surface area (Å²) in [4.78, 5) is 31.8. The number of hydrogen-bond acceptors (Lipinski definition) is 3. The highest BCUT2D eigenvalue weighted by Crippen LogP contribution is 2.52. The summed E-state index contributed by atoms with van der Waals surface area (Å²) in [6, 6.07) is 14.7. The van der Waals surface area contributed by atoms with Crippen molar-refractivity contribution in [2.45, 2.75) is 62.8 Å². The summed E-state index contributed by atoms with van der Waals surface area (Å²) >= 11 is 0. The van der Waals surface area contributed by atoms with E-state index in [1.165, 1.54) is 11.1 Å². The monoisotopic (exact) mass is 403 g/mol. The van der Waals surface area contributed by atoms with E-state index in [0.717, 1.165) is 50.9 Å². The van der Waals surface area contributed by atoms with Gasteiger partial charge in [0.15, 0.2) is 0 Å². The fourth-order valence-corrected chi connectivity index (χ4v) is 5.38. The molecule has 1 spiro atoms. The molecule has 5 rings (SSSR count). The van der Waals surface area contributed by atoms with E-state index in [1.54, 1.807) is 6.07 Å². The van der Waals surface area contributed by atoms with E-state index in [9.17, 15) is 9.59 Å². The van der Waals surface area contributed by atoms with Crippen LogP contribution in [0.15, 0.2) is 42.5 Å². The molecule has 5 heteroatoms. The Bertz CT molecular complexity index is 974. The molecular weight excluding hydrogens is 374 g/mol. The predicted molar refractivity (Wildman–Crippen MR) is 115 cm³/mol. The summed E-state index contributed by atoms with van der Waals surface area (Å²) in [7, 11) is 0. The maximum absolute atomic E-state index is 12.9. The number of nitrogens with one attached hydrogen (secondary N) is 1. The maximum atomic E-state index is 12.9. The number of pyridine rings is 1. The third-order valence-electron chi connectivity index (χ3n) is 7.10. The minimum absolute atomic E-state index is 0.0280. The van der Waals surface area contributed by atoms with Gasteiger partial charge in [0.25, 0.3) is 5.91 Å². The molecule has 30 heavy (non-hydrogen) atoms. The second kappa shape index (κ2) is 7.53. The van der Waals surface area contributed by atoms with Crippen molar-refractivity contribution in [1.82, 2.24) is 15.2 Å². The number of carbonyl (C=O) groups is 2. The van der Waals surface area contributed by atoms with Crippen molar-refractivity contribution in [2.75, 3.05) is 13.1 Å².